The second kappa shape index (κ2) is 8.80. The van der Waals surface area contributed by atoms with E-state index < -0.39 is 6.10 Å². The molecule has 1 aromatic heterocycles. The molecule has 0 aliphatic rings. The van der Waals surface area contributed by atoms with Crippen LogP contribution in [0.2, 0.25) is 0 Å². The lowest BCUT2D eigenvalue weighted by molar-refractivity contribution is 0.0382. The van der Waals surface area contributed by atoms with Crippen LogP contribution in [0.5, 0.6) is 0 Å². The second-order valence-electron chi connectivity index (χ2n) is 4.69. The fourth-order valence-electron chi connectivity index (χ4n) is 1.74. The van der Waals surface area contributed by atoms with Crippen molar-refractivity contribution >= 4 is 17.2 Å². The van der Waals surface area contributed by atoms with Crippen molar-refractivity contribution in [2.75, 3.05) is 33.9 Å². The van der Waals surface area contributed by atoms with Crippen molar-refractivity contribution in [3.8, 4) is 11.8 Å². The minimum Gasteiger partial charge on any atom is -0.395 e. The summed E-state index contributed by atoms with van der Waals surface area (Å²) in [6.07, 6.45) is -0.280. The molecule has 0 bridgehead atoms. The smallest absolute Gasteiger partial charge is 0.263 e. The van der Waals surface area contributed by atoms with Crippen LogP contribution in [0.1, 0.15) is 26.5 Å². The van der Waals surface area contributed by atoms with Gasteiger partial charge in [-0.25, -0.2) is 0 Å². The van der Waals surface area contributed by atoms with Crippen molar-refractivity contribution in [3.05, 3.63) is 21.4 Å². The summed E-state index contributed by atoms with van der Waals surface area (Å²) in [4.78, 5) is 15.2. The number of aliphatic hydroxyl groups excluding tert-OH is 2. The van der Waals surface area contributed by atoms with Gasteiger partial charge in [0.05, 0.1) is 29.1 Å². The zero-order valence-corrected chi connectivity index (χ0v) is 13.4. The number of carbonyl (C=O) groups is 1. The second-order valence-corrected chi connectivity index (χ2v) is 5.75. The van der Waals surface area contributed by atoms with Crippen LogP contribution in [0.25, 0.3) is 0 Å². The van der Waals surface area contributed by atoms with Crippen molar-refractivity contribution in [3.63, 3.8) is 0 Å². The van der Waals surface area contributed by atoms with E-state index in [9.17, 15) is 9.90 Å². The summed E-state index contributed by atoms with van der Waals surface area (Å²) in [5, 5.41) is 18.4. The number of rotatable bonds is 6. The molecule has 1 atom stereocenters. The Morgan fingerprint density at radius 2 is 2.29 bits per heavy atom. The Hall–Kier alpha value is -1.39. The normalized spacial score (nSPS) is 11.7. The lowest BCUT2D eigenvalue weighted by atomic mass is 10.2. The maximum Gasteiger partial charge on any atom is 0.263 e. The predicted molar refractivity (Wildman–Crippen MR) is 82.5 cm³/mol. The average molecular weight is 311 g/mol. The molecule has 6 heteroatoms. The third-order valence-corrected chi connectivity index (χ3v) is 3.90. The molecule has 0 radical (unpaired) electrons. The molecule has 1 rings (SSSR count). The topological polar surface area (TPSA) is 70.0 Å². The number of aryl methyl sites for hydroxylation is 1. The van der Waals surface area contributed by atoms with Crippen LogP contribution in [0, 0.1) is 18.8 Å². The molecule has 1 amide bonds. The number of aliphatic hydroxyl groups is 2. The molecule has 0 fully saturated rings. The van der Waals surface area contributed by atoms with Crippen LogP contribution < -0.4 is 0 Å². The van der Waals surface area contributed by atoms with E-state index in [2.05, 4.69) is 11.8 Å². The van der Waals surface area contributed by atoms with Crippen LogP contribution >= 0.6 is 11.3 Å². The quantitative estimate of drug-likeness (QED) is 0.765. The van der Waals surface area contributed by atoms with E-state index in [0.717, 1.165) is 10.4 Å². The summed E-state index contributed by atoms with van der Waals surface area (Å²) < 4.78 is 4.84. The molecule has 0 aliphatic heterocycles. The highest BCUT2D eigenvalue weighted by Crippen LogP contribution is 2.22. The largest absolute Gasteiger partial charge is 0.395 e. The number of hydrogen-bond acceptors (Lipinski definition) is 5. The summed E-state index contributed by atoms with van der Waals surface area (Å²) in [6, 6.07) is 1.80. The van der Waals surface area contributed by atoms with Gasteiger partial charge in [0, 0.05) is 27.1 Å². The highest BCUT2D eigenvalue weighted by molar-refractivity contribution is 7.14. The standard InChI is InChI=1S/C15H21NO4S/c1-11-8-14(21-13(11)6-4-5-7-17)15(19)16(2)9-12(18)10-20-3/h8,12,17-18H,5,7,9-10H2,1-3H3. The van der Waals surface area contributed by atoms with Crippen molar-refractivity contribution in [1.29, 1.82) is 0 Å². The number of amides is 1. The Morgan fingerprint density at radius 1 is 1.57 bits per heavy atom. The van der Waals surface area contributed by atoms with Gasteiger partial charge in [0.1, 0.15) is 0 Å². The Kier molecular flexibility index (Phi) is 7.40. The van der Waals surface area contributed by atoms with Gasteiger partial charge in [-0.15, -0.1) is 11.3 Å². The highest BCUT2D eigenvalue weighted by Gasteiger charge is 2.18. The van der Waals surface area contributed by atoms with Crippen molar-refractivity contribution < 1.29 is 19.7 Å². The van der Waals surface area contributed by atoms with E-state index in [-0.39, 0.29) is 25.7 Å². The summed E-state index contributed by atoms with van der Waals surface area (Å²) in [5.74, 6) is 5.66. The molecule has 2 N–H and O–H groups in total. The van der Waals surface area contributed by atoms with Gasteiger partial charge in [-0.2, -0.15) is 0 Å². The van der Waals surface area contributed by atoms with Gasteiger partial charge in [0.2, 0.25) is 0 Å². The number of nitrogens with zero attached hydrogens (tertiary/aromatic N) is 1. The Bertz CT molecular complexity index is 530. The summed E-state index contributed by atoms with van der Waals surface area (Å²) >= 11 is 1.33. The maximum atomic E-state index is 12.3. The van der Waals surface area contributed by atoms with E-state index in [1.54, 1.807) is 13.1 Å². The molecule has 21 heavy (non-hydrogen) atoms. The number of methoxy groups -OCH3 is 1. The minimum atomic E-state index is -0.700. The monoisotopic (exact) mass is 311 g/mol. The van der Waals surface area contributed by atoms with Gasteiger partial charge in [-0.3, -0.25) is 4.79 Å². The molecular formula is C15H21NO4S. The first kappa shape index (κ1) is 17.7. The van der Waals surface area contributed by atoms with Gasteiger partial charge in [-0.05, 0) is 18.6 Å². The zero-order valence-electron chi connectivity index (χ0n) is 12.5. The minimum absolute atomic E-state index is 0.0311. The summed E-state index contributed by atoms with van der Waals surface area (Å²) in [7, 11) is 3.15. The molecule has 0 aliphatic carbocycles. The summed E-state index contributed by atoms with van der Waals surface area (Å²) in [5.41, 5.74) is 0.944. The van der Waals surface area contributed by atoms with E-state index in [0.29, 0.717) is 11.3 Å². The van der Waals surface area contributed by atoms with E-state index in [1.165, 1.54) is 23.3 Å². The number of ether oxygens (including phenoxy) is 1. The van der Waals surface area contributed by atoms with E-state index >= 15 is 0 Å². The fraction of sp³-hybridized carbons (Fsp3) is 0.533. The molecule has 1 unspecified atom stereocenters. The van der Waals surface area contributed by atoms with Crippen LogP contribution in [0.4, 0.5) is 0 Å². The molecule has 0 spiro atoms. The predicted octanol–water partition coefficient (Wildman–Crippen LogP) is 0.870. The van der Waals surface area contributed by atoms with Crippen molar-refractivity contribution in [2.24, 2.45) is 0 Å². The van der Waals surface area contributed by atoms with Gasteiger partial charge in [0.15, 0.2) is 0 Å². The Balaban J connectivity index is 2.75. The molecule has 116 valence electrons. The molecule has 1 aromatic rings. The van der Waals surface area contributed by atoms with Gasteiger partial charge >= 0.3 is 0 Å². The third kappa shape index (κ3) is 5.48. The van der Waals surface area contributed by atoms with Crippen LogP contribution in [0.15, 0.2) is 6.07 Å². The SMILES string of the molecule is COCC(O)CN(C)C(=O)c1cc(C)c(C#CCCO)s1. The number of likely N-dealkylation sites (N-methyl/N-ethyl adjacent to an activating group) is 1. The molecule has 0 saturated carbocycles. The highest BCUT2D eigenvalue weighted by atomic mass is 32.1. The fourth-order valence-corrected chi connectivity index (χ4v) is 2.78. The molecular weight excluding hydrogens is 290 g/mol. The molecule has 1 heterocycles. The summed E-state index contributed by atoms with van der Waals surface area (Å²) in [6.45, 7) is 2.34. The van der Waals surface area contributed by atoms with Gasteiger partial charge in [-0.1, -0.05) is 11.8 Å². The number of hydrogen-bond donors (Lipinski definition) is 2. The first-order chi connectivity index (χ1) is 9.99. The average Bonchev–Trinajstić information content (AvgIpc) is 2.80. The molecule has 5 nitrogen and oxygen atoms in total. The molecule has 0 saturated heterocycles. The lowest BCUT2D eigenvalue weighted by Crippen LogP contribution is -2.35. The number of carbonyl (C=O) groups excluding carboxylic acids is 1. The van der Waals surface area contributed by atoms with E-state index in [1.807, 2.05) is 6.92 Å². The van der Waals surface area contributed by atoms with Crippen LogP contribution in [-0.4, -0.2) is 61.0 Å². The first-order valence-electron chi connectivity index (χ1n) is 6.62. The van der Waals surface area contributed by atoms with Crippen molar-refractivity contribution in [1.82, 2.24) is 4.90 Å². The zero-order chi connectivity index (χ0) is 15.8. The Labute approximate surface area is 129 Å². The van der Waals surface area contributed by atoms with Crippen LogP contribution in [-0.2, 0) is 4.74 Å². The molecule has 0 aromatic carbocycles. The third-order valence-electron chi connectivity index (χ3n) is 2.76. The van der Waals surface area contributed by atoms with Crippen molar-refractivity contribution in [2.45, 2.75) is 19.4 Å². The van der Waals surface area contributed by atoms with Gasteiger partial charge in [0.25, 0.3) is 5.91 Å². The Morgan fingerprint density at radius 3 is 2.90 bits per heavy atom. The van der Waals surface area contributed by atoms with Crippen LogP contribution in [0.3, 0.4) is 0 Å². The lowest BCUT2D eigenvalue weighted by Gasteiger charge is -2.19. The van der Waals surface area contributed by atoms with E-state index in [4.69, 9.17) is 9.84 Å². The van der Waals surface area contributed by atoms with Gasteiger partial charge < -0.3 is 19.8 Å². The first-order valence-corrected chi connectivity index (χ1v) is 7.43. The maximum absolute atomic E-state index is 12.3. The number of thiophene rings is 1.